The number of amides is 2. The van der Waals surface area contributed by atoms with Gasteiger partial charge in [0.2, 0.25) is 11.8 Å². The average Bonchev–Trinajstić information content (AvgIpc) is 3.19. The van der Waals surface area contributed by atoms with Crippen molar-refractivity contribution in [3.63, 3.8) is 0 Å². The smallest absolute Gasteiger partial charge is 0.340 e. The summed E-state index contributed by atoms with van der Waals surface area (Å²) >= 11 is 1.56. The Kier molecular flexibility index (Phi) is 5.28. The van der Waals surface area contributed by atoms with Crippen LogP contribution in [0.25, 0.3) is 0 Å². The van der Waals surface area contributed by atoms with Gasteiger partial charge in [0, 0.05) is 30.6 Å². The molecule has 1 aromatic heterocycles. The molecule has 3 rings (SSSR count). The first kappa shape index (κ1) is 19.4. The molecule has 1 aromatic carbocycles. The minimum atomic E-state index is -4.48. The second-order valence-electron chi connectivity index (χ2n) is 6.67. The highest BCUT2D eigenvalue weighted by atomic mass is 32.1. The number of anilines is 1. The molecule has 4 nitrogen and oxygen atoms in total. The van der Waals surface area contributed by atoms with Gasteiger partial charge in [-0.05, 0) is 42.1 Å². The van der Waals surface area contributed by atoms with Crippen LogP contribution < -0.4 is 4.90 Å². The summed E-state index contributed by atoms with van der Waals surface area (Å²) in [5.74, 6) is -1.07. The van der Waals surface area contributed by atoms with E-state index in [1.54, 1.807) is 23.3 Å². The van der Waals surface area contributed by atoms with Crippen molar-refractivity contribution in [1.29, 1.82) is 0 Å². The van der Waals surface area contributed by atoms with E-state index in [1.165, 1.54) is 17.0 Å². The topological polar surface area (TPSA) is 40.6 Å². The summed E-state index contributed by atoms with van der Waals surface area (Å²) in [6.45, 7) is 2.52. The second kappa shape index (κ2) is 7.34. The van der Waals surface area contributed by atoms with Crippen molar-refractivity contribution in [2.45, 2.75) is 26.1 Å². The number of halogens is 3. The summed E-state index contributed by atoms with van der Waals surface area (Å²) in [5, 5.41) is 1.96. The van der Waals surface area contributed by atoms with Gasteiger partial charge in [-0.2, -0.15) is 13.2 Å². The van der Waals surface area contributed by atoms with Crippen molar-refractivity contribution in [3.05, 3.63) is 51.7 Å². The maximum atomic E-state index is 12.9. The fraction of sp³-hybridized carbons (Fsp3) is 0.368. The van der Waals surface area contributed by atoms with Gasteiger partial charge >= 0.3 is 6.18 Å². The Balaban J connectivity index is 1.71. The van der Waals surface area contributed by atoms with Gasteiger partial charge < -0.3 is 9.80 Å². The molecule has 1 atom stereocenters. The zero-order valence-corrected chi connectivity index (χ0v) is 15.7. The van der Waals surface area contributed by atoms with Crippen LogP contribution in [0.4, 0.5) is 18.9 Å². The molecule has 0 aliphatic carbocycles. The number of thiophene rings is 1. The molecule has 1 aliphatic rings. The number of hydrogen-bond acceptors (Lipinski definition) is 3. The van der Waals surface area contributed by atoms with E-state index in [2.05, 4.69) is 0 Å². The molecule has 27 heavy (non-hydrogen) atoms. The summed E-state index contributed by atoms with van der Waals surface area (Å²) < 4.78 is 38.7. The van der Waals surface area contributed by atoms with Crippen LogP contribution in [0.5, 0.6) is 0 Å². The highest BCUT2D eigenvalue weighted by molar-refractivity contribution is 7.10. The molecule has 1 aliphatic heterocycles. The number of carbonyl (C=O) groups excluding carboxylic acids is 2. The van der Waals surface area contributed by atoms with Crippen molar-refractivity contribution in [2.75, 3.05) is 18.5 Å². The zero-order chi connectivity index (χ0) is 19.8. The van der Waals surface area contributed by atoms with Crippen LogP contribution in [0.1, 0.15) is 22.4 Å². The third-order valence-corrected chi connectivity index (χ3v) is 5.69. The number of aryl methyl sites for hydroxylation is 1. The van der Waals surface area contributed by atoms with Crippen LogP contribution in [0.15, 0.2) is 35.7 Å². The molecule has 8 heteroatoms. The highest BCUT2D eigenvalue weighted by Gasteiger charge is 2.38. The lowest BCUT2D eigenvalue weighted by atomic mass is 10.1. The lowest BCUT2D eigenvalue weighted by Gasteiger charge is -2.22. The van der Waals surface area contributed by atoms with Crippen molar-refractivity contribution in [1.82, 2.24) is 4.90 Å². The fourth-order valence-corrected chi connectivity index (χ4v) is 4.10. The summed E-state index contributed by atoms with van der Waals surface area (Å²) in [6.07, 6.45) is -4.48. The second-order valence-corrected chi connectivity index (χ2v) is 7.68. The molecule has 2 amide bonds. The molecular weight excluding hydrogens is 377 g/mol. The molecular formula is C19H19F3N2O2S. The minimum absolute atomic E-state index is 0.00282. The number of alkyl halides is 3. The van der Waals surface area contributed by atoms with Crippen molar-refractivity contribution in [2.24, 2.45) is 5.92 Å². The van der Waals surface area contributed by atoms with Gasteiger partial charge in [-0.1, -0.05) is 6.07 Å². The molecule has 0 saturated carbocycles. The molecule has 1 saturated heterocycles. The zero-order valence-electron chi connectivity index (χ0n) is 14.9. The van der Waals surface area contributed by atoms with Gasteiger partial charge in [0.05, 0.1) is 18.0 Å². The van der Waals surface area contributed by atoms with E-state index in [0.717, 1.165) is 22.6 Å². The molecule has 0 bridgehead atoms. The predicted octanol–water partition coefficient (Wildman–Crippen LogP) is 4.09. The van der Waals surface area contributed by atoms with Gasteiger partial charge in [-0.25, -0.2) is 0 Å². The van der Waals surface area contributed by atoms with Crippen molar-refractivity contribution < 1.29 is 22.8 Å². The first-order chi connectivity index (χ1) is 12.7. The van der Waals surface area contributed by atoms with Crippen LogP contribution in [0.3, 0.4) is 0 Å². The number of carbonyl (C=O) groups is 2. The van der Waals surface area contributed by atoms with E-state index in [4.69, 9.17) is 0 Å². The summed E-state index contributed by atoms with van der Waals surface area (Å²) in [6, 6.07) is 6.62. The molecule has 144 valence electrons. The molecule has 0 spiro atoms. The maximum Gasteiger partial charge on any atom is 0.416 e. The Morgan fingerprint density at radius 1 is 1.33 bits per heavy atom. The number of nitrogens with zero attached hydrogens (tertiary/aromatic N) is 2. The molecule has 0 N–H and O–H groups in total. The highest BCUT2D eigenvalue weighted by Crippen LogP contribution is 2.33. The number of hydrogen-bond donors (Lipinski definition) is 0. The first-order valence-corrected chi connectivity index (χ1v) is 9.30. The fourth-order valence-electron chi connectivity index (χ4n) is 3.14. The van der Waals surface area contributed by atoms with E-state index in [1.807, 2.05) is 18.4 Å². The largest absolute Gasteiger partial charge is 0.416 e. The first-order valence-electron chi connectivity index (χ1n) is 8.42. The van der Waals surface area contributed by atoms with E-state index in [0.29, 0.717) is 6.54 Å². The maximum absolute atomic E-state index is 12.9. The van der Waals surface area contributed by atoms with E-state index in [-0.39, 0.29) is 30.5 Å². The van der Waals surface area contributed by atoms with Crippen LogP contribution >= 0.6 is 11.3 Å². The van der Waals surface area contributed by atoms with Gasteiger partial charge in [-0.15, -0.1) is 11.3 Å². The van der Waals surface area contributed by atoms with Crippen LogP contribution in [0, 0.1) is 12.8 Å². The molecule has 0 radical (unpaired) electrons. The van der Waals surface area contributed by atoms with E-state index < -0.39 is 17.7 Å². The Hall–Kier alpha value is -2.35. The van der Waals surface area contributed by atoms with Gasteiger partial charge in [0.25, 0.3) is 0 Å². The average molecular weight is 396 g/mol. The molecule has 2 aromatic rings. The molecule has 0 unspecified atom stereocenters. The standard InChI is InChI=1S/C19H19F3N2O2S/c1-12-6-7-27-16(12)11-23(2)18(26)13-8-17(25)24(10-13)15-5-3-4-14(9-15)19(20,21)22/h3-7,9,13H,8,10-11H2,1-2H3/t13-/m1/s1. The van der Waals surface area contributed by atoms with Gasteiger partial charge in [0.15, 0.2) is 0 Å². The lowest BCUT2D eigenvalue weighted by molar-refractivity contribution is -0.137. The molecule has 2 heterocycles. The van der Waals surface area contributed by atoms with Crippen LogP contribution in [-0.4, -0.2) is 30.3 Å². The molecule has 1 fully saturated rings. The van der Waals surface area contributed by atoms with Crippen molar-refractivity contribution in [3.8, 4) is 0 Å². The number of rotatable bonds is 4. The quantitative estimate of drug-likeness (QED) is 0.781. The third kappa shape index (κ3) is 4.16. The van der Waals surface area contributed by atoms with Crippen molar-refractivity contribution >= 4 is 28.8 Å². The van der Waals surface area contributed by atoms with Crippen LogP contribution in [-0.2, 0) is 22.3 Å². The Labute approximate surface area is 159 Å². The van der Waals surface area contributed by atoms with E-state index in [9.17, 15) is 22.8 Å². The van der Waals surface area contributed by atoms with Gasteiger partial charge in [0.1, 0.15) is 0 Å². The normalized spacial score (nSPS) is 17.4. The lowest BCUT2D eigenvalue weighted by Crippen LogP contribution is -2.34. The Bertz CT molecular complexity index is 863. The predicted molar refractivity (Wildman–Crippen MR) is 97.4 cm³/mol. The Morgan fingerprint density at radius 3 is 2.70 bits per heavy atom. The minimum Gasteiger partial charge on any atom is -0.340 e. The summed E-state index contributed by atoms with van der Waals surface area (Å²) in [7, 11) is 1.68. The number of benzene rings is 1. The SMILES string of the molecule is Cc1ccsc1CN(C)C(=O)[C@@H]1CC(=O)N(c2cccc(C(F)(F)F)c2)C1. The van der Waals surface area contributed by atoms with Gasteiger partial charge in [-0.3, -0.25) is 9.59 Å². The Morgan fingerprint density at radius 2 is 2.07 bits per heavy atom. The summed E-state index contributed by atoms with van der Waals surface area (Å²) in [5.41, 5.74) is 0.461. The third-order valence-electron chi connectivity index (χ3n) is 4.68. The van der Waals surface area contributed by atoms with E-state index >= 15 is 0 Å². The van der Waals surface area contributed by atoms with Crippen LogP contribution in [0.2, 0.25) is 0 Å². The monoisotopic (exact) mass is 396 g/mol. The summed E-state index contributed by atoms with van der Waals surface area (Å²) in [4.78, 5) is 28.9.